The zero-order valence-electron chi connectivity index (χ0n) is 13.7. The predicted molar refractivity (Wildman–Crippen MR) is 91.0 cm³/mol. The van der Waals surface area contributed by atoms with E-state index in [2.05, 4.69) is 5.32 Å². The molecule has 1 rings (SSSR count). The topological polar surface area (TPSA) is 92.4 Å². The van der Waals surface area contributed by atoms with Crippen LogP contribution in [0.25, 0.3) is 0 Å². The molecule has 0 unspecified atom stereocenters. The Hall–Kier alpha value is -1.88. The molecule has 23 heavy (non-hydrogen) atoms. The lowest BCUT2D eigenvalue weighted by Gasteiger charge is -2.17. The molecule has 0 aromatic heterocycles. The van der Waals surface area contributed by atoms with E-state index in [0.717, 1.165) is 50.6 Å². The van der Waals surface area contributed by atoms with Crippen molar-refractivity contribution in [2.45, 2.75) is 57.4 Å². The normalized spacial score (nSPS) is 11.9. The molecule has 1 aromatic carbocycles. The van der Waals surface area contributed by atoms with Crippen molar-refractivity contribution in [3.8, 4) is 0 Å². The molecule has 5 heteroatoms. The summed E-state index contributed by atoms with van der Waals surface area (Å²) in [5.74, 6) is -0.999. The van der Waals surface area contributed by atoms with Gasteiger partial charge in [0.15, 0.2) is 0 Å². The van der Waals surface area contributed by atoms with Crippen molar-refractivity contribution >= 4 is 11.9 Å². The van der Waals surface area contributed by atoms with Crippen LogP contribution < -0.4 is 11.1 Å². The number of aliphatic carboxylic acids is 1. The smallest absolute Gasteiger partial charge is 0.305 e. The third-order valence-electron chi connectivity index (χ3n) is 3.77. The number of hydrogen-bond donors (Lipinski definition) is 3. The van der Waals surface area contributed by atoms with Gasteiger partial charge in [-0.3, -0.25) is 9.59 Å². The molecule has 0 bridgehead atoms. The van der Waals surface area contributed by atoms with Crippen LogP contribution in [-0.4, -0.2) is 23.5 Å². The van der Waals surface area contributed by atoms with Crippen LogP contribution in [0, 0.1) is 0 Å². The number of amides is 1. The van der Waals surface area contributed by atoms with Gasteiger partial charge >= 0.3 is 5.97 Å². The second-order valence-corrected chi connectivity index (χ2v) is 5.79. The van der Waals surface area contributed by atoms with E-state index >= 15 is 0 Å². The number of benzene rings is 1. The fourth-order valence-electron chi connectivity index (χ4n) is 2.52. The molecule has 0 saturated carbocycles. The van der Waals surface area contributed by atoms with Crippen molar-refractivity contribution in [1.82, 2.24) is 5.32 Å². The summed E-state index contributed by atoms with van der Waals surface area (Å²) in [6.07, 6.45) is 6.69. The first-order valence-corrected chi connectivity index (χ1v) is 8.39. The minimum Gasteiger partial charge on any atom is -0.481 e. The summed E-state index contributed by atoms with van der Waals surface area (Å²) in [5, 5.41) is 11.9. The fourth-order valence-corrected chi connectivity index (χ4v) is 2.52. The maximum absolute atomic E-state index is 12.0. The highest BCUT2D eigenvalue weighted by atomic mass is 16.4. The van der Waals surface area contributed by atoms with Gasteiger partial charge in [0.25, 0.3) is 0 Å². The van der Waals surface area contributed by atoms with Gasteiger partial charge in [-0.2, -0.15) is 0 Å². The number of carboxylic acids is 1. The Kier molecular flexibility index (Phi) is 9.71. The van der Waals surface area contributed by atoms with Gasteiger partial charge in [-0.1, -0.05) is 56.0 Å². The number of rotatable bonds is 12. The van der Waals surface area contributed by atoms with Gasteiger partial charge in [-0.25, -0.2) is 0 Å². The van der Waals surface area contributed by atoms with E-state index in [-0.39, 0.29) is 12.3 Å². The van der Waals surface area contributed by atoms with Crippen molar-refractivity contribution in [2.75, 3.05) is 6.54 Å². The monoisotopic (exact) mass is 320 g/mol. The largest absolute Gasteiger partial charge is 0.481 e. The lowest BCUT2D eigenvalue weighted by molar-refractivity contribution is -0.137. The van der Waals surface area contributed by atoms with Crippen LogP contribution in [0.4, 0.5) is 0 Å². The standard InChI is InChI=1S/C18H28N2O3/c19-13-9-4-2-1-3-8-12-17(21)20-16(14-18(22)23)15-10-6-5-7-11-15/h5-7,10-11,16H,1-4,8-9,12-14,19H2,(H,20,21)(H,22,23)/t16-/m1/s1. The molecule has 128 valence electrons. The van der Waals surface area contributed by atoms with Gasteiger partial charge in [0.1, 0.15) is 0 Å². The average molecular weight is 320 g/mol. The van der Waals surface area contributed by atoms with E-state index in [1.807, 2.05) is 30.3 Å². The molecule has 0 aliphatic heterocycles. The van der Waals surface area contributed by atoms with Gasteiger partial charge in [0.05, 0.1) is 12.5 Å². The van der Waals surface area contributed by atoms with Gasteiger partial charge < -0.3 is 16.2 Å². The van der Waals surface area contributed by atoms with E-state index in [4.69, 9.17) is 10.8 Å². The van der Waals surface area contributed by atoms with E-state index in [9.17, 15) is 9.59 Å². The number of carboxylic acid groups (broad SMARTS) is 1. The van der Waals surface area contributed by atoms with Crippen molar-refractivity contribution in [3.63, 3.8) is 0 Å². The van der Waals surface area contributed by atoms with Crippen molar-refractivity contribution in [1.29, 1.82) is 0 Å². The summed E-state index contributed by atoms with van der Waals surface area (Å²) in [4.78, 5) is 23.0. The van der Waals surface area contributed by atoms with Gasteiger partial charge in [0, 0.05) is 6.42 Å². The Balaban J connectivity index is 2.32. The third-order valence-corrected chi connectivity index (χ3v) is 3.77. The van der Waals surface area contributed by atoms with E-state index in [1.165, 1.54) is 0 Å². The van der Waals surface area contributed by atoms with E-state index in [0.29, 0.717) is 6.42 Å². The van der Waals surface area contributed by atoms with Crippen molar-refractivity contribution < 1.29 is 14.7 Å². The quantitative estimate of drug-likeness (QED) is 0.516. The van der Waals surface area contributed by atoms with Crippen LogP contribution in [0.1, 0.15) is 63.0 Å². The molecule has 4 N–H and O–H groups in total. The Bertz CT molecular complexity index is 463. The summed E-state index contributed by atoms with van der Waals surface area (Å²) in [7, 11) is 0. The molecule has 5 nitrogen and oxygen atoms in total. The van der Waals surface area contributed by atoms with Crippen LogP contribution in [0.5, 0.6) is 0 Å². The highest BCUT2D eigenvalue weighted by Crippen LogP contribution is 2.17. The fraction of sp³-hybridized carbons (Fsp3) is 0.556. The maximum atomic E-state index is 12.0. The van der Waals surface area contributed by atoms with Gasteiger partial charge in [0.2, 0.25) is 5.91 Å². The van der Waals surface area contributed by atoms with Gasteiger partial charge in [-0.05, 0) is 24.9 Å². The molecular formula is C18H28N2O3. The number of nitrogens with one attached hydrogen (secondary N) is 1. The summed E-state index contributed by atoms with van der Waals surface area (Å²) in [6, 6.07) is 8.77. The van der Waals surface area contributed by atoms with Crippen LogP contribution in [0.3, 0.4) is 0 Å². The molecule has 0 fully saturated rings. The first-order chi connectivity index (χ1) is 11.1. The molecule has 0 heterocycles. The lowest BCUT2D eigenvalue weighted by atomic mass is 10.0. The molecule has 0 radical (unpaired) electrons. The molecule has 0 spiro atoms. The van der Waals surface area contributed by atoms with Crippen LogP contribution in [0.15, 0.2) is 30.3 Å². The number of nitrogens with two attached hydrogens (primary N) is 1. The number of unbranched alkanes of at least 4 members (excludes halogenated alkanes) is 5. The second-order valence-electron chi connectivity index (χ2n) is 5.79. The van der Waals surface area contributed by atoms with Gasteiger partial charge in [-0.15, -0.1) is 0 Å². The minimum atomic E-state index is -0.918. The van der Waals surface area contributed by atoms with Crippen LogP contribution in [0.2, 0.25) is 0 Å². The van der Waals surface area contributed by atoms with E-state index in [1.54, 1.807) is 0 Å². The Morgan fingerprint density at radius 2 is 1.61 bits per heavy atom. The van der Waals surface area contributed by atoms with E-state index < -0.39 is 12.0 Å². The Morgan fingerprint density at radius 1 is 1.00 bits per heavy atom. The number of carbonyl (C=O) groups excluding carboxylic acids is 1. The minimum absolute atomic E-state index is 0.0814. The lowest BCUT2D eigenvalue weighted by Crippen LogP contribution is -2.29. The van der Waals surface area contributed by atoms with Crippen molar-refractivity contribution in [2.24, 2.45) is 5.73 Å². The first-order valence-electron chi connectivity index (χ1n) is 8.39. The predicted octanol–water partition coefficient (Wildman–Crippen LogP) is 3.01. The molecule has 1 atom stereocenters. The Morgan fingerprint density at radius 3 is 2.22 bits per heavy atom. The molecular weight excluding hydrogens is 292 g/mol. The van der Waals surface area contributed by atoms with Crippen LogP contribution >= 0.6 is 0 Å². The summed E-state index contributed by atoms with van der Waals surface area (Å²) < 4.78 is 0. The molecule has 1 aromatic rings. The average Bonchev–Trinajstić information content (AvgIpc) is 2.54. The van der Waals surface area contributed by atoms with Crippen LogP contribution in [-0.2, 0) is 9.59 Å². The zero-order chi connectivity index (χ0) is 16.9. The molecule has 0 saturated heterocycles. The molecule has 1 amide bonds. The second kappa shape index (κ2) is 11.7. The summed E-state index contributed by atoms with van der Waals surface area (Å²) in [5.41, 5.74) is 6.27. The maximum Gasteiger partial charge on any atom is 0.305 e. The highest BCUT2D eigenvalue weighted by Gasteiger charge is 2.17. The zero-order valence-corrected chi connectivity index (χ0v) is 13.7. The molecule has 0 aliphatic rings. The third kappa shape index (κ3) is 8.98. The molecule has 0 aliphatic carbocycles. The first kappa shape index (κ1) is 19.2. The Labute approximate surface area is 138 Å². The summed E-state index contributed by atoms with van der Waals surface area (Å²) >= 11 is 0. The van der Waals surface area contributed by atoms with Crippen molar-refractivity contribution in [3.05, 3.63) is 35.9 Å². The summed E-state index contributed by atoms with van der Waals surface area (Å²) in [6.45, 7) is 0.743. The number of carbonyl (C=O) groups is 2. The number of hydrogen-bond acceptors (Lipinski definition) is 3. The SMILES string of the molecule is NCCCCCCCCC(=O)N[C@H](CC(=O)O)c1ccccc1. The highest BCUT2D eigenvalue weighted by molar-refractivity contribution is 5.77.